The van der Waals surface area contributed by atoms with Gasteiger partial charge in [0, 0.05) is 26.2 Å². The number of aryl methyl sites for hydroxylation is 2. The molecule has 1 amide bonds. The zero-order chi connectivity index (χ0) is 20.8. The second-order valence-corrected chi connectivity index (χ2v) is 8.98. The van der Waals surface area contributed by atoms with Crippen LogP contribution in [0.1, 0.15) is 18.1 Å². The van der Waals surface area contributed by atoms with Crippen molar-refractivity contribution in [2.45, 2.75) is 33.0 Å². The van der Waals surface area contributed by atoms with Gasteiger partial charge >= 0.3 is 0 Å². The van der Waals surface area contributed by atoms with Gasteiger partial charge in [0.05, 0.1) is 10.2 Å². The van der Waals surface area contributed by atoms with Crippen molar-refractivity contribution in [2.24, 2.45) is 0 Å². The summed E-state index contributed by atoms with van der Waals surface area (Å²) in [4.78, 5) is 22.2. The molecule has 2 atom stereocenters. The number of amides is 1. The number of hydrogen-bond acceptors (Lipinski definition) is 6. The Morgan fingerprint density at radius 1 is 1.03 bits per heavy atom. The third kappa shape index (κ3) is 3.27. The van der Waals surface area contributed by atoms with Crippen molar-refractivity contribution >= 4 is 32.6 Å². The number of carbonyl (C=O) groups excluding carboxylic acids is 1. The van der Waals surface area contributed by atoms with Crippen molar-refractivity contribution < 1.29 is 14.3 Å². The van der Waals surface area contributed by atoms with Crippen LogP contribution in [0.3, 0.4) is 0 Å². The maximum Gasteiger partial charge on any atom is 0.267 e. The fourth-order valence-electron chi connectivity index (χ4n) is 4.04. The van der Waals surface area contributed by atoms with Gasteiger partial charge in [-0.05, 0) is 50.1 Å². The number of carbonyl (C=O) groups is 1. The first-order valence-electron chi connectivity index (χ1n) is 10.3. The molecule has 30 heavy (non-hydrogen) atoms. The van der Waals surface area contributed by atoms with Gasteiger partial charge in [-0.25, -0.2) is 4.98 Å². The Bertz CT molecular complexity index is 1100. The van der Waals surface area contributed by atoms with E-state index in [2.05, 4.69) is 30.9 Å². The molecular weight excluding hydrogens is 398 g/mol. The van der Waals surface area contributed by atoms with Crippen LogP contribution in [0.4, 0.5) is 5.13 Å². The smallest absolute Gasteiger partial charge is 0.267 e. The minimum Gasteiger partial charge on any atom is -0.482 e. The predicted octanol–water partition coefficient (Wildman–Crippen LogP) is 3.79. The molecule has 2 aliphatic heterocycles. The summed E-state index contributed by atoms with van der Waals surface area (Å²) in [5.74, 6) is 1.32. The molecule has 156 valence electrons. The van der Waals surface area contributed by atoms with E-state index >= 15 is 0 Å². The summed E-state index contributed by atoms with van der Waals surface area (Å²) in [6.45, 7) is 8.98. The monoisotopic (exact) mass is 423 g/mol. The van der Waals surface area contributed by atoms with Gasteiger partial charge in [0.25, 0.3) is 5.91 Å². The van der Waals surface area contributed by atoms with Crippen molar-refractivity contribution in [1.82, 2.24) is 9.88 Å². The number of anilines is 1. The third-order valence-electron chi connectivity index (χ3n) is 6.02. The molecule has 3 heterocycles. The quantitative estimate of drug-likeness (QED) is 0.628. The van der Waals surface area contributed by atoms with Crippen LogP contribution in [-0.4, -0.2) is 54.2 Å². The molecule has 1 fully saturated rings. The van der Waals surface area contributed by atoms with Gasteiger partial charge in [0.2, 0.25) is 6.10 Å². The molecule has 0 spiro atoms. The molecule has 0 saturated carbocycles. The van der Waals surface area contributed by atoms with E-state index in [-0.39, 0.29) is 12.0 Å². The highest BCUT2D eigenvalue weighted by Crippen LogP contribution is 2.35. The van der Waals surface area contributed by atoms with Crippen LogP contribution < -0.4 is 14.4 Å². The van der Waals surface area contributed by atoms with Crippen LogP contribution >= 0.6 is 11.3 Å². The van der Waals surface area contributed by atoms with Crippen LogP contribution in [0.2, 0.25) is 0 Å². The Morgan fingerprint density at radius 3 is 2.47 bits per heavy atom. The normalized spacial score (nSPS) is 21.2. The van der Waals surface area contributed by atoms with Crippen molar-refractivity contribution in [3.05, 3.63) is 47.5 Å². The Labute approximate surface area is 180 Å². The molecule has 0 aliphatic carbocycles. The minimum atomic E-state index is -0.612. The number of benzene rings is 2. The van der Waals surface area contributed by atoms with Crippen LogP contribution in [0.15, 0.2) is 36.4 Å². The Balaban J connectivity index is 1.27. The highest BCUT2D eigenvalue weighted by Gasteiger charge is 2.37. The summed E-state index contributed by atoms with van der Waals surface area (Å²) in [5, 5.41) is 1.03. The van der Waals surface area contributed by atoms with Gasteiger partial charge in [-0.3, -0.25) is 4.79 Å². The number of para-hydroxylation sites is 2. The molecule has 5 rings (SSSR count). The summed E-state index contributed by atoms with van der Waals surface area (Å²) in [7, 11) is 0. The van der Waals surface area contributed by atoms with E-state index in [4.69, 9.17) is 14.5 Å². The Hall–Kier alpha value is -2.80. The number of fused-ring (bicyclic) bond motifs is 2. The highest BCUT2D eigenvalue weighted by atomic mass is 32.1. The lowest BCUT2D eigenvalue weighted by Gasteiger charge is -2.38. The number of ether oxygens (including phenoxy) is 2. The SMILES string of the molecule is Cc1ccc2sc(N3CCN(C(=O)C4Oc5ccccc5OC4C)CC3)nc2c1C. The molecule has 3 aromatic rings. The highest BCUT2D eigenvalue weighted by molar-refractivity contribution is 7.22. The number of hydrogen-bond donors (Lipinski definition) is 0. The lowest BCUT2D eigenvalue weighted by molar-refractivity contribution is -0.144. The molecule has 0 N–H and O–H groups in total. The second kappa shape index (κ2) is 7.47. The van der Waals surface area contributed by atoms with E-state index < -0.39 is 6.10 Å². The van der Waals surface area contributed by atoms with Crippen LogP contribution in [0, 0.1) is 13.8 Å². The summed E-state index contributed by atoms with van der Waals surface area (Å²) in [6.07, 6.45) is -0.930. The molecule has 2 aliphatic rings. The van der Waals surface area contributed by atoms with Crippen molar-refractivity contribution in [1.29, 1.82) is 0 Å². The first-order valence-corrected chi connectivity index (χ1v) is 11.2. The van der Waals surface area contributed by atoms with E-state index in [9.17, 15) is 4.79 Å². The van der Waals surface area contributed by atoms with E-state index in [1.807, 2.05) is 36.1 Å². The van der Waals surface area contributed by atoms with Gasteiger partial charge in [-0.1, -0.05) is 29.5 Å². The molecule has 2 unspecified atom stereocenters. The van der Waals surface area contributed by atoms with Crippen molar-refractivity contribution in [2.75, 3.05) is 31.1 Å². The molecule has 7 heteroatoms. The Morgan fingerprint density at radius 2 is 1.73 bits per heavy atom. The average Bonchev–Trinajstić information content (AvgIpc) is 3.21. The fourth-order valence-corrected chi connectivity index (χ4v) is 5.12. The molecule has 2 aromatic carbocycles. The first kappa shape index (κ1) is 19.2. The van der Waals surface area contributed by atoms with Crippen molar-refractivity contribution in [3.63, 3.8) is 0 Å². The lowest BCUT2D eigenvalue weighted by atomic mass is 10.1. The van der Waals surface area contributed by atoms with Gasteiger partial charge in [-0.15, -0.1) is 0 Å². The molecule has 0 bridgehead atoms. The zero-order valence-corrected chi connectivity index (χ0v) is 18.2. The largest absolute Gasteiger partial charge is 0.482 e. The summed E-state index contributed by atoms with van der Waals surface area (Å²) < 4.78 is 13.1. The number of thiazole rings is 1. The lowest BCUT2D eigenvalue weighted by Crippen LogP contribution is -2.56. The molecule has 0 radical (unpaired) electrons. The minimum absolute atomic E-state index is 0.00702. The zero-order valence-electron chi connectivity index (χ0n) is 17.4. The van der Waals surface area contributed by atoms with Crippen LogP contribution in [0.25, 0.3) is 10.2 Å². The van der Waals surface area contributed by atoms with Gasteiger partial charge < -0.3 is 19.3 Å². The molecule has 6 nitrogen and oxygen atoms in total. The van der Waals surface area contributed by atoms with Gasteiger partial charge in [-0.2, -0.15) is 0 Å². The summed E-state index contributed by atoms with van der Waals surface area (Å²) in [6, 6.07) is 11.8. The van der Waals surface area contributed by atoms with E-state index in [1.165, 1.54) is 15.8 Å². The number of aromatic nitrogens is 1. The molecule has 1 aromatic heterocycles. The van der Waals surface area contributed by atoms with Gasteiger partial charge in [0.15, 0.2) is 16.6 Å². The maximum absolute atomic E-state index is 13.1. The first-order chi connectivity index (χ1) is 14.5. The summed E-state index contributed by atoms with van der Waals surface area (Å²) in [5.41, 5.74) is 3.60. The third-order valence-corrected chi connectivity index (χ3v) is 7.10. The van der Waals surface area contributed by atoms with E-state index in [0.29, 0.717) is 24.6 Å². The fraction of sp³-hybridized carbons (Fsp3) is 0.391. The number of nitrogens with zero attached hydrogens (tertiary/aromatic N) is 3. The standard InChI is InChI=1S/C23H25N3O3S/c1-14-8-9-19-20(15(14)2)24-23(30-19)26-12-10-25(11-13-26)22(27)21-16(3)28-17-6-4-5-7-18(17)29-21/h4-9,16,21H,10-13H2,1-3H3. The topological polar surface area (TPSA) is 54.9 Å². The second-order valence-electron chi connectivity index (χ2n) is 7.97. The van der Waals surface area contributed by atoms with Gasteiger partial charge in [0.1, 0.15) is 6.10 Å². The van der Waals surface area contributed by atoms with Crippen LogP contribution in [-0.2, 0) is 4.79 Å². The Kier molecular flexibility index (Phi) is 4.77. The van der Waals surface area contributed by atoms with Crippen molar-refractivity contribution in [3.8, 4) is 11.5 Å². The average molecular weight is 424 g/mol. The molecular formula is C23H25N3O3S. The maximum atomic E-state index is 13.1. The number of piperazine rings is 1. The van der Waals surface area contributed by atoms with Crippen LogP contribution in [0.5, 0.6) is 11.5 Å². The number of rotatable bonds is 2. The van der Waals surface area contributed by atoms with E-state index in [1.54, 1.807) is 11.3 Å². The predicted molar refractivity (Wildman–Crippen MR) is 119 cm³/mol. The molecule has 1 saturated heterocycles. The summed E-state index contributed by atoms with van der Waals surface area (Å²) >= 11 is 1.72. The van der Waals surface area contributed by atoms with E-state index in [0.717, 1.165) is 23.7 Å².